The molecule has 1 aliphatic heterocycles. The van der Waals surface area contributed by atoms with Crippen molar-refractivity contribution in [2.45, 2.75) is 32.1 Å². The van der Waals surface area contributed by atoms with E-state index in [1.807, 2.05) is 6.08 Å². The Morgan fingerprint density at radius 1 is 1.24 bits per heavy atom. The molecule has 1 heterocycles. The first-order chi connectivity index (χ1) is 8.07. The van der Waals surface area contributed by atoms with Crippen molar-refractivity contribution in [1.82, 2.24) is 5.32 Å². The Bertz CT molecular complexity index is 422. The number of Topliss-reactive ketones (excluding diaryl/α,β-unsaturated/α-hetero) is 1. The van der Waals surface area contributed by atoms with Gasteiger partial charge >= 0.3 is 0 Å². The van der Waals surface area contributed by atoms with Crippen molar-refractivity contribution in [3.8, 4) is 0 Å². The summed E-state index contributed by atoms with van der Waals surface area (Å²) in [5.41, 5.74) is 1.29. The van der Waals surface area contributed by atoms with Crippen LogP contribution in [0.25, 0.3) is 0 Å². The van der Waals surface area contributed by atoms with Crippen molar-refractivity contribution in [3.63, 3.8) is 0 Å². The van der Waals surface area contributed by atoms with Gasteiger partial charge in [-0.1, -0.05) is 25.3 Å². The second-order valence-electron chi connectivity index (χ2n) is 4.86. The second kappa shape index (κ2) is 4.32. The number of nitrogens with one attached hydrogen (secondary N) is 1. The van der Waals surface area contributed by atoms with Crippen LogP contribution in [0.4, 0.5) is 0 Å². The van der Waals surface area contributed by atoms with E-state index in [-0.39, 0.29) is 11.7 Å². The highest BCUT2D eigenvalue weighted by Crippen LogP contribution is 2.44. The second-order valence-corrected chi connectivity index (χ2v) is 4.86. The van der Waals surface area contributed by atoms with Crippen molar-refractivity contribution in [3.05, 3.63) is 36.6 Å². The predicted molar refractivity (Wildman–Crippen MR) is 66.1 cm³/mol. The van der Waals surface area contributed by atoms with Crippen LogP contribution in [0.5, 0.6) is 0 Å². The molecule has 0 bridgehead atoms. The molecule has 1 aliphatic carbocycles. The fourth-order valence-corrected chi connectivity index (χ4v) is 2.61. The molecule has 0 aromatic carbocycles. The molecule has 0 radical (unpaired) electrons. The molecule has 3 heteroatoms. The first-order valence-corrected chi connectivity index (χ1v) is 5.91. The summed E-state index contributed by atoms with van der Waals surface area (Å²) >= 11 is 0. The summed E-state index contributed by atoms with van der Waals surface area (Å²) in [6.45, 7) is 7.51. The summed E-state index contributed by atoms with van der Waals surface area (Å²) in [4.78, 5) is 23.4. The van der Waals surface area contributed by atoms with Crippen LogP contribution in [0.15, 0.2) is 36.6 Å². The van der Waals surface area contributed by atoms with Gasteiger partial charge in [-0.3, -0.25) is 9.59 Å². The number of amides is 1. The summed E-state index contributed by atoms with van der Waals surface area (Å²) in [5, 5.41) is 2.83. The topological polar surface area (TPSA) is 46.2 Å². The van der Waals surface area contributed by atoms with Gasteiger partial charge in [-0.15, -0.1) is 0 Å². The van der Waals surface area contributed by atoms with Crippen molar-refractivity contribution in [2.75, 3.05) is 0 Å². The average Bonchev–Trinajstić information content (AvgIpc) is 2.30. The molecule has 0 aromatic heterocycles. The van der Waals surface area contributed by atoms with Crippen molar-refractivity contribution in [2.24, 2.45) is 5.41 Å². The molecule has 1 amide bonds. The van der Waals surface area contributed by atoms with Gasteiger partial charge in [0.25, 0.3) is 0 Å². The van der Waals surface area contributed by atoms with Crippen molar-refractivity contribution >= 4 is 11.7 Å². The molecule has 1 N–H and O–H groups in total. The van der Waals surface area contributed by atoms with E-state index < -0.39 is 5.41 Å². The quantitative estimate of drug-likeness (QED) is 0.752. The standard InChI is InChI=1S/C14H17NO2/c1-3-4-11-9-14(13(17)15-10(11)2)7-5-12(16)6-8-14/h3-4H,1-2,5-9H2,(H,15,17)/b11-4-. The Morgan fingerprint density at radius 3 is 2.47 bits per heavy atom. The maximum atomic E-state index is 12.1. The Balaban J connectivity index is 2.25. The van der Waals surface area contributed by atoms with Gasteiger partial charge in [0.15, 0.2) is 0 Å². The number of carbonyl (C=O) groups excluding carboxylic acids is 2. The summed E-state index contributed by atoms with van der Waals surface area (Å²) in [6, 6.07) is 0. The molecular formula is C14H17NO2. The van der Waals surface area contributed by atoms with Gasteiger partial charge in [0, 0.05) is 18.5 Å². The fraction of sp³-hybridized carbons (Fsp3) is 0.429. The average molecular weight is 231 g/mol. The Morgan fingerprint density at radius 2 is 1.88 bits per heavy atom. The van der Waals surface area contributed by atoms with Crippen LogP contribution in [-0.4, -0.2) is 11.7 Å². The van der Waals surface area contributed by atoms with E-state index in [1.54, 1.807) is 6.08 Å². The number of rotatable bonds is 1. The van der Waals surface area contributed by atoms with Gasteiger partial charge in [-0.05, 0) is 24.8 Å². The minimum Gasteiger partial charge on any atom is -0.326 e. The Hall–Kier alpha value is -1.64. The molecule has 1 saturated carbocycles. The molecule has 2 aliphatic rings. The lowest BCUT2D eigenvalue weighted by Crippen LogP contribution is -2.47. The minimum absolute atomic E-state index is 0.0243. The zero-order chi connectivity index (χ0) is 12.5. The fourth-order valence-electron chi connectivity index (χ4n) is 2.61. The van der Waals surface area contributed by atoms with E-state index in [2.05, 4.69) is 18.5 Å². The SMILES string of the molecule is C=C/C=C1/CC2(CCC(=O)CC2)C(=O)NC1=C. The summed E-state index contributed by atoms with van der Waals surface area (Å²) in [7, 11) is 0. The first-order valence-electron chi connectivity index (χ1n) is 5.91. The lowest BCUT2D eigenvalue weighted by Gasteiger charge is -2.40. The highest BCUT2D eigenvalue weighted by atomic mass is 16.2. The van der Waals surface area contributed by atoms with Crippen LogP contribution in [0.2, 0.25) is 0 Å². The molecule has 1 saturated heterocycles. The maximum Gasteiger partial charge on any atom is 0.230 e. The molecule has 0 atom stereocenters. The lowest BCUT2D eigenvalue weighted by molar-refractivity contribution is -0.135. The van der Waals surface area contributed by atoms with E-state index in [0.717, 1.165) is 5.57 Å². The van der Waals surface area contributed by atoms with Gasteiger partial charge in [-0.2, -0.15) is 0 Å². The van der Waals surface area contributed by atoms with E-state index in [0.29, 0.717) is 37.8 Å². The first kappa shape index (κ1) is 11.8. The van der Waals surface area contributed by atoms with Crippen molar-refractivity contribution < 1.29 is 9.59 Å². The third-order valence-corrected chi connectivity index (χ3v) is 3.75. The van der Waals surface area contributed by atoms with Crippen LogP contribution in [-0.2, 0) is 9.59 Å². The van der Waals surface area contributed by atoms with E-state index in [4.69, 9.17) is 0 Å². The molecular weight excluding hydrogens is 214 g/mol. The summed E-state index contributed by atoms with van der Waals surface area (Å²) < 4.78 is 0. The molecule has 3 nitrogen and oxygen atoms in total. The highest BCUT2D eigenvalue weighted by Gasteiger charge is 2.44. The summed E-state index contributed by atoms with van der Waals surface area (Å²) in [6.07, 6.45) is 6.61. The Kier molecular flexibility index (Phi) is 3.01. The van der Waals surface area contributed by atoms with Crippen molar-refractivity contribution in [1.29, 1.82) is 0 Å². The molecule has 2 rings (SSSR count). The summed E-state index contributed by atoms with van der Waals surface area (Å²) in [5.74, 6) is 0.290. The molecule has 2 fully saturated rings. The van der Waals surface area contributed by atoms with Gasteiger partial charge in [0.2, 0.25) is 5.91 Å². The van der Waals surface area contributed by atoms with Crippen LogP contribution in [0.3, 0.4) is 0 Å². The Labute approximate surface area is 101 Å². The van der Waals surface area contributed by atoms with Gasteiger partial charge < -0.3 is 5.32 Å². The highest BCUT2D eigenvalue weighted by molar-refractivity contribution is 5.90. The third-order valence-electron chi connectivity index (χ3n) is 3.75. The van der Waals surface area contributed by atoms with Gasteiger partial charge in [0.1, 0.15) is 5.78 Å². The van der Waals surface area contributed by atoms with Crippen LogP contribution >= 0.6 is 0 Å². The zero-order valence-corrected chi connectivity index (χ0v) is 9.92. The van der Waals surface area contributed by atoms with Crippen LogP contribution < -0.4 is 5.32 Å². The molecule has 17 heavy (non-hydrogen) atoms. The third kappa shape index (κ3) is 2.09. The maximum absolute atomic E-state index is 12.1. The zero-order valence-electron chi connectivity index (χ0n) is 9.92. The predicted octanol–water partition coefficient (Wildman–Crippen LogP) is 2.26. The van der Waals surface area contributed by atoms with E-state index in [9.17, 15) is 9.59 Å². The lowest BCUT2D eigenvalue weighted by atomic mass is 9.67. The number of piperidine rings is 1. The number of allylic oxidation sites excluding steroid dienone is 3. The van der Waals surface area contributed by atoms with Crippen LogP contribution in [0, 0.1) is 5.41 Å². The normalized spacial score (nSPS) is 26.1. The van der Waals surface area contributed by atoms with Gasteiger partial charge in [0.05, 0.1) is 5.41 Å². The minimum atomic E-state index is -0.399. The number of hydrogen-bond donors (Lipinski definition) is 1. The smallest absolute Gasteiger partial charge is 0.230 e. The van der Waals surface area contributed by atoms with E-state index >= 15 is 0 Å². The van der Waals surface area contributed by atoms with Crippen LogP contribution in [0.1, 0.15) is 32.1 Å². The number of carbonyl (C=O) groups is 2. The van der Waals surface area contributed by atoms with Gasteiger partial charge in [-0.25, -0.2) is 0 Å². The number of ketones is 1. The monoisotopic (exact) mass is 231 g/mol. The molecule has 90 valence electrons. The molecule has 0 aromatic rings. The molecule has 0 unspecified atom stereocenters. The largest absolute Gasteiger partial charge is 0.326 e. The number of hydrogen-bond acceptors (Lipinski definition) is 2. The van der Waals surface area contributed by atoms with E-state index in [1.165, 1.54) is 0 Å². The molecule has 1 spiro atoms.